The lowest BCUT2D eigenvalue weighted by Gasteiger charge is -2.26. The van der Waals surface area contributed by atoms with Gasteiger partial charge in [-0.15, -0.1) is 0 Å². The minimum absolute atomic E-state index is 0.0764. The minimum atomic E-state index is -0.153. The molecule has 0 spiro atoms. The second-order valence-electron chi connectivity index (χ2n) is 6.84. The molecule has 1 atom stereocenters. The lowest BCUT2D eigenvalue weighted by molar-refractivity contribution is 0.0924. The number of carbonyl (C=O) groups excluding carboxylic acids is 1. The Morgan fingerprint density at radius 2 is 1.83 bits per heavy atom. The first-order chi connectivity index (χ1) is 14.2. The van der Waals surface area contributed by atoms with Crippen molar-refractivity contribution in [3.8, 4) is 17.2 Å². The quantitative estimate of drug-likeness (QED) is 0.673. The largest absolute Gasteiger partial charge is 0.493 e. The van der Waals surface area contributed by atoms with Gasteiger partial charge in [0, 0.05) is 17.5 Å². The van der Waals surface area contributed by atoms with Gasteiger partial charge in [0.1, 0.15) is 12.4 Å². The molecule has 3 aromatic rings. The summed E-state index contributed by atoms with van der Waals surface area (Å²) in [4.78, 5) is 12.8. The Kier molecular flexibility index (Phi) is 5.66. The molecule has 4 rings (SSSR count). The van der Waals surface area contributed by atoms with E-state index in [9.17, 15) is 4.79 Å². The van der Waals surface area contributed by atoms with Gasteiger partial charge in [-0.25, -0.2) is 0 Å². The summed E-state index contributed by atoms with van der Waals surface area (Å²) in [6.45, 7) is 1.01. The normalized spacial score (nSPS) is 15.0. The zero-order valence-corrected chi connectivity index (χ0v) is 16.3. The lowest BCUT2D eigenvalue weighted by atomic mass is 10.00. The molecule has 29 heavy (non-hydrogen) atoms. The lowest BCUT2D eigenvalue weighted by Crippen LogP contribution is -2.32. The van der Waals surface area contributed by atoms with E-state index in [1.54, 1.807) is 25.3 Å². The Bertz CT molecular complexity index is 987. The molecule has 1 N–H and O–H groups in total. The van der Waals surface area contributed by atoms with Crippen molar-refractivity contribution in [3.63, 3.8) is 0 Å². The van der Waals surface area contributed by atoms with Gasteiger partial charge in [0.05, 0.1) is 19.8 Å². The van der Waals surface area contributed by atoms with Crippen LogP contribution in [0.3, 0.4) is 0 Å². The third kappa shape index (κ3) is 4.35. The number of hydrogen-bond donors (Lipinski definition) is 1. The molecule has 0 aliphatic carbocycles. The number of ether oxygens (including phenoxy) is 3. The average Bonchev–Trinajstić information content (AvgIpc) is 2.78. The Morgan fingerprint density at radius 1 is 1.03 bits per heavy atom. The standard InChI is InChI=1S/C24H23NO4/c1-27-23-15-18(11-12-22(23)29-16-17-7-3-2-4-8-17)24(26)25-20-13-14-28-21-10-6-5-9-19(20)21/h2-12,15,20H,13-14,16H2,1H3,(H,25,26)/t20-/m1/s1. The van der Waals surface area contributed by atoms with Gasteiger partial charge >= 0.3 is 0 Å². The maximum Gasteiger partial charge on any atom is 0.251 e. The summed E-state index contributed by atoms with van der Waals surface area (Å²) in [6, 6.07) is 22.9. The second-order valence-corrected chi connectivity index (χ2v) is 6.84. The fourth-order valence-corrected chi connectivity index (χ4v) is 3.40. The number of rotatable bonds is 6. The van der Waals surface area contributed by atoms with Gasteiger partial charge in [-0.1, -0.05) is 48.5 Å². The molecule has 0 saturated carbocycles. The van der Waals surface area contributed by atoms with Crippen molar-refractivity contribution >= 4 is 5.91 Å². The number of benzene rings is 3. The molecule has 1 amide bonds. The van der Waals surface area contributed by atoms with Crippen molar-refractivity contribution in [2.75, 3.05) is 13.7 Å². The van der Waals surface area contributed by atoms with E-state index in [1.165, 1.54) is 0 Å². The van der Waals surface area contributed by atoms with Crippen LogP contribution in [0, 0.1) is 0 Å². The van der Waals surface area contributed by atoms with E-state index in [4.69, 9.17) is 14.2 Å². The molecule has 5 nitrogen and oxygen atoms in total. The number of hydrogen-bond acceptors (Lipinski definition) is 4. The highest BCUT2D eigenvalue weighted by molar-refractivity contribution is 5.95. The summed E-state index contributed by atoms with van der Waals surface area (Å²) in [5.74, 6) is 1.80. The average molecular weight is 389 g/mol. The van der Waals surface area contributed by atoms with Crippen molar-refractivity contribution in [1.82, 2.24) is 5.32 Å². The molecule has 0 radical (unpaired) electrons. The Morgan fingerprint density at radius 3 is 2.66 bits per heavy atom. The number of methoxy groups -OCH3 is 1. The van der Waals surface area contributed by atoms with Crippen LogP contribution in [0.1, 0.15) is 33.9 Å². The fraction of sp³-hybridized carbons (Fsp3) is 0.208. The first-order valence-electron chi connectivity index (χ1n) is 9.62. The van der Waals surface area contributed by atoms with E-state index < -0.39 is 0 Å². The third-order valence-electron chi connectivity index (χ3n) is 4.93. The van der Waals surface area contributed by atoms with Crippen molar-refractivity contribution in [2.24, 2.45) is 0 Å². The van der Waals surface area contributed by atoms with Gasteiger partial charge in [-0.2, -0.15) is 0 Å². The highest BCUT2D eigenvalue weighted by atomic mass is 16.5. The fourth-order valence-electron chi connectivity index (χ4n) is 3.40. The molecule has 0 aromatic heterocycles. The van der Waals surface area contributed by atoms with Gasteiger partial charge in [-0.05, 0) is 29.8 Å². The molecule has 0 fully saturated rings. The molecule has 1 heterocycles. The van der Waals surface area contributed by atoms with E-state index in [0.717, 1.165) is 23.3 Å². The number of para-hydroxylation sites is 1. The molecule has 1 aliphatic heterocycles. The van der Waals surface area contributed by atoms with Crippen LogP contribution in [0.2, 0.25) is 0 Å². The smallest absolute Gasteiger partial charge is 0.251 e. The van der Waals surface area contributed by atoms with E-state index >= 15 is 0 Å². The SMILES string of the molecule is COc1cc(C(=O)N[C@@H]2CCOc3ccccc32)ccc1OCc1ccccc1. The zero-order chi connectivity index (χ0) is 20.1. The molecule has 0 saturated heterocycles. The van der Waals surface area contributed by atoms with E-state index in [2.05, 4.69) is 5.32 Å². The van der Waals surface area contributed by atoms with Gasteiger partial charge < -0.3 is 19.5 Å². The number of amides is 1. The maximum atomic E-state index is 12.8. The molecule has 0 bridgehead atoms. The van der Waals surface area contributed by atoms with Crippen molar-refractivity contribution in [2.45, 2.75) is 19.1 Å². The van der Waals surface area contributed by atoms with Crippen molar-refractivity contribution in [3.05, 3.63) is 89.5 Å². The molecule has 148 valence electrons. The summed E-state index contributed by atoms with van der Waals surface area (Å²) in [5.41, 5.74) is 2.59. The number of carbonyl (C=O) groups is 1. The van der Waals surface area contributed by atoms with Crippen molar-refractivity contribution in [1.29, 1.82) is 0 Å². The molecule has 3 aromatic carbocycles. The predicted octanol–water partition coefficient (Wildman–Crippen LogP) is 4.53. The topological polar surface area (TPSA) is 56.8 Å². The van der Waals surface area contributed by atoms with Gasteiger partial charge in [0.2, 0.25) is 0 Å². The Hall–Kier alpha value is -3.47. The number of fused-ring (bicyclic) bond motifs is 1. The van der Waals surface area contributed by atoms with Crippen LogP contribution in [0.5, 0.6) is 17.2 Å². The van der Waals surface area contributed by atoms with Gasteiger partial charge in [0.15, 0.2) is 11.5 Å². The number of nitrogens with one attached hydrogen (secondary N) is 1. The summed E-state index contributed by atoms with van der Waals surface area (Å²) in [5, 5.41) is 3.10. The summed E-state index contributed by atoms with van der Waals surface area (Å²) in [6.07, 6.45) is 0.734. The first-order valence-corrected chi connectivity index (χ1v) is 9.62. The summed E-state index contributed by atoms with van der Waals surface area (Å²) < 4.78 is 17.0. The van der Waals surface area contributed by atoms with Crippen LogP contribution in [0.15, 0.2) is 72.8 Å². The zero-order valence-electron chi connectivity index (χ0n) is 16.3. The summed E-state index contributed by atoms with van der Waals surface area (Å²) in [7, 11) is 1.57. The minimum Gasteiger partial charge on any atom is -0.493 e. The van der Waals surface area contributed by atoms with E-state index in [0.29, 0.717) is 30.3 Å². The predicted molar refractivity (Wildman–Crippen MR) is 111 cm³/mol. The highest BCUT2D eigenvalue weighted by Gasteiger charge is 2.23. The van der Waals surface area contributed by atoms with Gasteiger partial charge in [0.25, 0.3) is 5.91 Å². The van der Waals surface area contributed by atoms with Gasteiger partial charge in [-0.3, -0.25) is 4.79 Å². The monoisotopic (exact) mass is 389 g/mol. The molecular formula is C24H23NO4. The summed E-state index contributed by atoms with van der Waals surface area (Å²) >= 11 is 0. The third-order valence-corrected chi connectivity index (χ3v) is 4.93. The maximum absolute atomic E-state index is 12.8. The van der Waals surface area contributed by atoms with Crippen LogP contribution in [-0.2, 0) is 6.61 Å². The van der Waals surface area contributed by atoms with Crippen LogP contribution in [-0.4, -0.2) is 19.6 Å². The van der Waals surface area contributed by atoms with Crippen LogP contribution < -0.4 is 19.5 Å². The van der Waals surface area contributed by atoms with Crippen LogP contribution in [0.4, 0.5) is 0 Å². The molecule has 5 heteroatoms. The van der Waals surface area contributed by atoms with Crippen LogP contribution in [0.25, 0.3) is 0 Å². The first kappa shape index (κ1) is 18.9. The highest BCUT2D eigenvalue weighted by Crippen LogP contribution is 2.33. The molecule has 1 aliphatic rings. The van der Waals surface area contributed by atoms with E-state index in [-0.39, 0.29) is 11.9 Å². The van der Waals surface area contributed by atoms with Crippen LogP contribution >= 0.6 is 0 Å². The Balaban J connectivity index is 1.47. The molecular weight excluding hydrogens is 366 g/mol. The Labute approximate surface area is 170 Å². The van der Waals surface area contributed by atoms with E-state index in [1.807, 2.05) is 54.6 Å². The molecule has 0 unspecified atom stereocenters. The van der Waals surface area contributed by atoms with Crippen molar-refractivity contribution < 1.29 is 19.0 Å². The second kappa shape index (κ2) is 8.69.